The zero-order valence-electron chi connectivity index (χ0n) is 16.1. The van der Waals surface area contributed by atoms with Crippen molar-refractivity contribution in [1.29, 1.82) is 0 Å². The van der Waals surface area contributed by atoms with E-state index < -0.39 is 6.10 Å². The summed E-state index contributed by atoms with van der Waals surface area (Å²) in [5.41, 5.74) is 3.79. The first kappa shape index (κ1) is 19.1. The van der Waals surface area contributed by atoms with Crippen molar-refractivity contribution in [1.82, 2.24) is 5.32 Å². The molecule has 0 radical (unpaired) electrons. The van der Waals surface area contributed by atoms with Crippen LogP contribution in [0.15, 0.2) is 53.7 Å². The van der Waals surface area contributed by atoms with Gasteiger partial charge in [-0.2, -0.15) is 0 Å². The van der Waals surface area contributed by atoms with Crippen molar-refractivity contribution in [3.05, 3.63) is 71.0 Å². The summed E-state index contributed by atoms with van der Waals surface area (Å²) in [5.74, 6) is -0.512. The number of hydrogen-bond acceptors (Lipinski definition) is 3. The van der Waals surface area contributed by atoms with E-state index in [2.05, 4.69) is 43.4 Å². The maximum atomic E-state index is 13.0. The summed E-state index contributed by atoms with van der Waals surface area (Å²) < 4.78 is 13.0. The summed E-state index contributed by atoms with van der Waals surface area (Å²) in [4.78, 5) is 17.8. The van der Waals surface area contributed by atoms with Crippen LogP contribution in [0.4, 0.5) is 4.39 Å². The van der Waals surface area contributed by atoms with E-state index in [1.807, 2.05) is 19.1 Å². The van der Waals surface area contributed by atoms with Crippen LogP contribution in [0.2, 0.25) is 0 Å². The maximum absolute atomic E-state index is 13.0. The van der Waals surface area contributed by atoms with Crippen LogP contribution in [-0.4, -0.2) is 17.7 Å². The molecule has 2 unspecified atom stereocenters. The first-order valence-corrected chi connectivity index (χ1v) is 9.13. The molecule has 5 heteroatoms. The predicted octanol–water partition coefficient (Wildman–Crippen LogP) is 4.49. The van der Waals surface area contributed by atoms with E-state index in [1.54, 1.807) is 12.1 Å². The molecule has 1 N–H and O–H groups in total. The Morgan fingerprint density at radius 2 is 1.78 bits per heavy atom. The molecule has 1 amide bonds. The lowest BCUT2D eigenvalue weighted by Gasteiger charge is -2.21. The van der Waals surface area contributed by atoms with E-state index in [1.165, 1.54) is 17.7 Å². The van der Waals surface area contributed by atoms with Gasteiger partial charge in [-0.3, -0.25) is 4.79 Å². The lowest BCUT2D eigenvalue weighted by molar-refractivity contribution is -0.131. The van der Waals surface area contributed by atoms with Gasteiger partial charge in [0.2, 0.25) is 6.10 Å². The van der Waals surface area contributed by atoms with Gasteiger partial charge in [0.1, 0.15) is 5.82 Å². The minimum absolute atomic E-state index is 0.0940. The normalized spacial score (nSPS) is 17.8. The average molecular weight is 368 g/mol. The zero-order chi connectivity index (χ0) is 19.6. The van der Waals surface area contributed by atoms with Crippen LogP contribution in [-0.2, 0) is 15.0 Å². The standard InChI is InChI=1S/C22H25FN2O2/c1-14(15-5-9-17(10-6-15)22(2,3)4)24-21(26)20-13-19(25-27-20)16-7-11-18(23)12-8-16/h5-12,14,20H,13H2,1-4H3,(H,24,26). The largest absolute Gasteiger partial charge is 0.382 e. The summed E-state index contributed by atoms with van der Waals surface area (Å²) in [5, 5.41) is 6.97. The zero-order valence-corrected chi connectivity index (χ0v) is 16.1. The molecule has 0 saturated heterocycles. The summed E-state index contributed by atoms with van der Waals surface area (Å²) >= 11 is 0. The quantitative estimate of drug-likeness (QED) is 0.864. The highest BCUT2D eigenvalue weighted by molar-refractivity contribution is 6.04. The van der Waals surface area contributed by atoms with Crippen LogP contribution in [0.25, 0.3) is 0 Å². The molecule has 2 atom stereocenters. The maximum Gasteiger partial charge on any atom is 0.264 e. The van der Waals surface area contributed by atoms with Crippen LogP contribution < -0.4 is 5.32 Å². The van der Waals surface area contributed by atoms with Gasteiger partial charge in [0, 0.05) is 6.42 Å². The Morgan fingerprint density at radius 3 is 2.37 bits per heavy atom. The fourth-order valence-electron chi connectivity index (χ4n) is 2.99. The van der Waals surface area contributed by atoms with Gasteiger partial charge in [-0.25, -0.2) is 4.39 Å². The molecule has 0 saturated carbocycles. The van der Waals surface area contributed by atoms with Crippen LogP contribution in [0, 0.1) is 5.82 Å². The van der Waals surface area contributed by atoms with Crippen LogP contribution in [0.1, 0.15) is 56.8 Å². The smallest absolute Gasteiger partial charge is 0.264 e. The summed E-state index contributed by atoms with van der Waals surface area (Å²) in [6, 6.07) is 14.2. The van der Waals surface area contributed by atoms with Crippen molar-refractivity contribution in [2.24, 2.45) is 5.16 Å². The second-order valence-corrected chi connectivity index (χ2v) is 7.95. The first-order chi connectivity index (χ1) is 12.7. The topological polar surface area (TPSA) is 50.7 Å². The molecule has 2 aromatic carbocycles. The molecule has 4 nitrogen and oxygen atoms in total. The van der Waals surface area contributed by atoms with Gasteiger partial charge in [-0.1, -0.05) is 62.3 Å². The van der Waals surface area contributed by atoms with Gasteiger partial charge in [-0.15, -0.1) is 0 Å². The number of nitrogens with zero attached hydrogens (tertiary/aromatic N) is 1. The minimum atomic E-state index is -0.665. The molecule has 27 heavy (non-hydrogen) atoms. The van der Waals surface area contributed by atoms with Gasteiger partial charge < -0.3 is 10.2 Å². The van der Waals surface area contributed by atoms with Crippen molar-refractivity contribution >= 4 is 11.6 Å². The number of halogens is 1. The molecule has 0 aliphatic carbocycles. The molecule has 0 aromatic heterocycles. The third kappa shape index (κ3) is 4.54. The third-order valence-corrected chi connectivity index (χ3v) is 4.77. The molecule has 1 heterocycles. The molecule has 1 aliphatic rings. The molecule has 0 fully saturated rings. The number of amides is 1. The summed E-state index contributed by atoms with van der Waals surface area (Å²) in [6.45, 7) is 8.46. The predicted molar refractivity (Wildman–Crippen MR) is 104 cm³/mol. The Bertz CT molecular complexity index is 836. The van der Waals surface area contributed by atoms with E-state index in [-0.39, 0.29) is 23.2 Å². The average Bonchev–Trinajstić information content (AvgIpc) is 3.12. The minimum Gasteiger partial charge on any atom is -0.382 e. The summed E-state index contributed by atoms with van der Waals surface area (Å²) in [7, 11) is 0. The molecule has 3 rings (SSSR count). The second-order valence-electron chi connectivity index (χ2n) is 7.95. The lowest BCUT2D eigenvalue weighted by Crippen LogP contribution is -2.36. The number of carbonyl (C=O) groups excluding carboxylic acids is 1. The van der Waals surface area contributed by atoms with Crippen molar-refractivity contribution in [2.75, 3.05) is 0 Å². The molecule has 2 aromatic rings. The molecular weight excluding hydrogens is 343 g/mol. The van der Waals surface area contributed by atoms with E-state index in [4.69, 9.17) is 4.84 Å². The highest BCUT2D eigenvalue weighted by Crippen LogP contribution is 2.24. The Hall–Kier alpha value is -2.69. The van der Waals surface area contributed by atoms with Gasteiger partial charge >= 0.3 is 0 Å². The van der Waals surface area contributed by atoms with E-state index in [0.717, 1.165) is 11.1 Å². The van der Waals surface area contributed by atoms with Crippen molar-refractivity contribution < 1.29 is 14.0 Å². The Labute approximate surface area is 159 Å². The van der Waals surface area contributed by atoms with Crippen LogP contribution in [0.5, 0.6) is 0 Å². The van der Waals surface area contributed by atoms with Crippen molar-refractivity contribution in [3.63, 3.8) is 0 Å². The fraction of sp³-hybridized carbons (Fsp3) is 0.364. The van der Waals surface area contributed by atoms with Gasteiger partial charge in [0.25, 0.3) is 5.91 Å². The van der Waals surface area contributed by atoms with Gasteiger partial charge in [-0.05, 0) is 41.2 Å². The number of hydrogen-bond donors (Lipinski definition) is 1. The third-order valence-electron chi connectivity index (χ3n) is 4.77. The highest BCUT2D eigenvalue weighted by atomic mass is 19.1. The molecule has 0 bridgehead atoms. The Kier molecular flexibility index (Phi) is 5.31. The number of carbonyl (C=O) groups is 1. The van der Waals surface area contributed by atoms with Gasteiger partial charge in [0.15, 0.2) is 0 Å². The number of rotatable bonds is 4. The molecule has 0 spiro atoms. The lowest BCUT2D eigenvalue weighted by atomic mass is 9.86. The Morgan fingerprint density at radius 1 is 1.15 bits per heavy atom. The SMILES string of the molecule is CC(NC(=O)C1CC(c2ccc(F)cc2)=NO1)c1ccc(C(C)(C)C)cc1. The Balaban J connectivity index is 1.58. The van der Waals surface area contributed by atoms with Crippen molar-refractivity contribution in [2.45, 2.75) is 51.7 Å². The molecule has 142 valence electrons. The second kappa shape index (κ2) is 7.51. The van der Waals surface area contributed by atoms with Crippen LogP contribution in [0.3, 0.4) is 0 Å². The summed E-state index contributed by atoms with van der Waals surface area (Å²) in [6.07, 6.45) is -0.297. The number of oxime groups is 1. The fourth-order valence-corrected chi connectivity index (χ4v) is 2.99. The van der Waals surface area contributed by atoms with E-state index >= 15 is 0 Å². The van der Waals surface area contributed by atoms with E-state index in [0.29, 0.717) is 12.1 Å². The monoisotopic (exact) mass is 368 g/mol. The molecule has 1 aliphatic heterocycles. The first-order valence-electron chi connectivity index (χ1n) is 9.13. The van der Waals surface area contributed by atoms with Crippen molar-refractivity contribution in [3.8, 4) is 0 Å². The number of benzene rings is 2. The molecular formula is C22H25FN2O2. The van der Waals surface area contributed by atoms with E-state index in [9.17, 15) is 9.18 Å². The van der Waals surface area contributed by atoms with Crippen LogP contribution >= 0.6 is 0 Å². The highest BCUT2D eigenvalue weighted by Gasteiger charge is 2.29. The van der Waals surface area contributed by atoms with Gasteiger partial charge in [0.05, 0.1) is 11.8 Å². The number of nitrogens with one attached hydrogen (secondary N) is 1.